The smallest absolute Gasteiger partial charge is 0.410 e. The molecule has 2 aromatic rings. The second-order valence-electron chi connectivity index (χ2n) is 4.80. The van der Waals surface area contributed by atoms with Crippen molar-refractivity contribution >= 4 is 17.0 Å². The molecule has 1 aromatic carbocycles. The fourth-order valence-electron chi connectivity index (χ4n) is 2.47. The molecule has 19 heavy (non-hydrogen) atoms. The minimum Gasteiger partial charge on any atom is -0.443 e. The Labute approximate surface area is 111 Å². The first-order chi connectivity index (χ1) is 9.28. The van der Waals surface area contributed by atoms with Gasteiger partial charge in [0.2, 0.25) is 0 Å². The lowest BCUT2D eigenvalue weighted by atomic mass is 10.1. The number of para-hydroxylation sites is 1. The standard InChI is InChI=1S/C14H17N3O2/c15-7-11-9-17(14(18)19-11)6-5-10-8-16-13-4-2-1-3-12(10)13/h1-4,8,11,16H,5-7,9,15H2. The molecule has 0 spiro atoms. The Hall–Kier alpha value is -2.01. The largest absolute Gasteiger partial charge is 0.443 e. The maximum atomic E-state index is 11.6. The minimum atomic E-state index is -0.254. The number of nitrogens with two attached hydrogens (primary N) is 1. The maximum absolute atomic E-state index is 11.6. The molecular formula is C14H17N3O2. The van der Waals surface area contributed by atoms with Crippen LogP contribution in [0.2, 0.25) is 0 Å². The Morgan fingerprint density at radius 2 is 2.26 bits per heavy atom. The van der Waals surface area contributed by atoms with Crippen LogP contribution in [-0.4, -0.2) is 41.7 Å². The zero-order chi connectivity index (χ0) is 13.2. The summed E-state index contributed by atoms with van der Waals surface area (Å²) in [5.74, 6) is 0. The highest BCUT2D eigenvalue weighted by molar-refractivity contribution is 5.83. The number of cyclic esters (lactones) is 1. The number of rotatable bonds is 4. The van der Waals surface area contributed by atoms with Crippen LogP contribution in [0, 0.1) is 0 Å². The van der Waals surface area contributed by atoms with E-state index in [1.54, 1.807) is 4.90 Å². The van der Waals surface area contributed by atoms with Crippen LogP contribution in [0.1, 0.15) is 5.56 Å². The number of carbonyl (C=O) groups is 1. The average molecular weight is 259 g/mol. The first-order valence-electron chi connectivity index (χ1n) is 6.48. The summed E-state index contributed by atoms with van der Waals surface area (Å²) in [6, 6.07) is 8.17. The summed E-state index contributed by atoms with van der Waals surface area (Å²) in [4.78, 5) is 16.6. The molecule has 3 N–H and O–H groups in total. The highest BCUT2D eigenvalue weighted by Crippen LogP contribution is 2.19. The van der Waals surface area contributed by atoms with Crippen molar-refractivity contribution in [1.82, 2.24) is 9.88 Å². The number of aromatic amines is 1. The lowest BCUT2D eigenvalue weighted by Crippen LogP contribution is -2.29. The normalized spacial score (nSPS) is 19.1. The van der Waals surface area contributed by atoms with Gasteiger partial charge in [-0.1, -0.05) is 18.2 Å². The number of nitrogens with zero attached hydrogens (tertiary/aromatic N) is 1. The highest BCUT2D eigenvalue weighted by Gasteiger charge is 2.29. The van der Waals surface area contributed by atoms with E-state index in [1.165, 1.54) is 10.9 Å². The average Bonchev–Trinajstić information content (AvgIpc) is 3.00. The first kappa shape index (κ1) is 12.0. The summed E-state index contributed by atoms with van der Waals surface area (Å²) >= 11 is 0. The molecule has 1 saturated heterocycles. The number of hydrogen-bond acceptors (Lipinski definition) is 3. The van der Waals surface area contributed by atoms with E-state index in [1.807, 2.05) is 24.4 Å². The molecule has 1 aliphatic rings. The molecule has 1 aliphatic heterocycles. The van der Waals surface area contributed by atoms with Crippen molar-refractivity contribution in [3.8, 4) is 0 Å². The van der Waals surface area contributed by atoms with Crippen LogP contribution in [0.25, 0.3) is 10.9 Å². The van der Waals surface area contributed by atoms with Gasteiger partial charge in [0.25, 0.3) is 0 Å². The molecule has 0 radical (unpaired) electrons. The summed E-state index contributed by atoms with van der Waals surface area (Å²) < 4.78 is 5.13. The molecule has 0 saturated carbocycles. The van der Waals surface area contributed by atoms with Gasteiger partial charge < -0.3 is 20.4 Å². The molecule has 3 rings (SSSR count). The Bertz CT molecular complexity index is 593. The molecule has 1 amide bonds. The highest BCUT2D eigenvalue weighted by atomic mass is 16.6. The zero-order valence-corrected chi connectivity index (χ0v) is 10.6. The predicted molar refractivity (Wildman–Crippen MR) is 72.9 cm³/mol. The summed E-state index contributed by atoms with van der Waals surface area (Å²) in [5.41, 5.74) is 7.86. The topological polar surface area (TPSA) is 71.3 Å². The summed E-state index contributed by atoms with van der Waals surface area (Å²) in [7, 11) is 0. The van der Waals surface area contributed by atoms with Gasteiger partial charge in [-0.2, -0.15) is 0 Å². The van der Waals surface area contributed by atoms with E-state index < -0.39 is 0 Å². The molecule has 1 unspecified atom stereocenters. The number of aromatic nitrogens is 1. The fourth-order valence-corrected chi connectivity index (χ4v) is 2.47. The van der Waals surface area contributed by atoms with Crippen LogP contribution < -0.4 is 5.73 Å². The second kappa shape index (κ2) is 4.93. The number of amides is 1. The fraction of sp³-hybridized carbons (Fsp3) is 0.357. The van der Waals surface area contributed by atoms with Gasteiger partial charge in [0.15, 0.2) is 0 Å². The number of hydrogen-bond donors (Lipinski definition) is 2. The molecule has 5 nitrogen and oxygen atoms in total. The van der Waals surface area contributed by atoms with E-state index >= 15 is 0 Å². The Balaban J connectivity index is 1.68. The van der Waals surface area contributed by atoms with Gasteiger partial charge in [-0.3, -0.25) is 0 Å². The monoisotopic (exact) mass is 259 g/mol. The number of ether oxygens (including phenoxy) is 1. The van der Waals surface area contributed by atoms with Crippen LogP contribution in [-0.2, 0) is 11.2 Å². The van der Waals surface area contributed by atoms with Crippen LogP contribution in [0.3, 0.4) is 0 Å². The van der Waals surface area contributed by atoms with E-state index in [0.717, 1.165) is 11.9 Å². The van der Waals surface area contributed by atoms with Crippen LogP contribution >= 0.6 is 0 Å². The third kappa shape index (κ3) is 2.29. The van der Waals surface area contributed by atoms with Gasteiger partial charge in [-0.25, -0.2) is 4.79 Å². The van der Waals surface area contributed by atoms with Gasteiger partial charge >= 0.3 is 6.09 Å². The molecule has 100 valence electrons. The Kier molecular flexibility index (Phi) is 3.13. The van der Waals surface area contributed by atoms with Gasteiger partial charge in [0, 0.05) is 30.2 Å². The molecule has 2 heterocycles. The van der Waals surface area contributed by atoms with Crippen LogP contribution in [0.4, 0.5) is 4.79 Å². The predicted octanol–water partition coefficient (Wildman–Crippen LogP) is 1.49. The minimum absolute atomic E-state index is 0.157. The second-order valence-corrected chi connectivity index (χ2v) is 4.80. The van der Waals surface area contributed by atoms with Crippen molar-refractivity contribution in [1.29, 1.82) is 0 Å². The van der Waals surface area contributed by atoms with Crippen LogP contribution in [0.15, 0.2) is 30.5 Å². The van der Waals surface area contributed by atoms with E-state index in [2.05, 4.69) is 11.1 Å². The first-order valence-corrected chi connectivity index (χ1v) is 6.48. The summed E-state index contributed by atoms with van der Waals surface area (Å²) in [6.07, 6.45) is 2.41. The maximum Gasteiger partial charge on any atom is 0.410 e. The number of carbonyl (C=O) groups excluding carboxylic acids is 1. The van der Waals surface area contributed by atoms with Crippen molar-refractivity contribution in [3.63, 3.8) is 0 Å². The zero-order valence-electron chi connectivity index (χ0n) is 10.6. The lowest BCUT2D eigenvalue weighted by Gasteiger charge is -2.11. The third-order valence-corrected chi connectivity index (χ3v) is 3.54. The lowest BCUT2D eigenvalue weighted by molar-refractivity contribution is 0.135. The van der Waals surface area contributed by atoms with Crippen molar-refractivity contribution in [3.05, 3.63) is 36.0 Å². The molecule has 1 aromatic heterocycles. The van der Waals surface area contributed by atoms with E-state index in [-0.39, 0.29) is 12.2 Å². The summed E-state index contributed by atoms with van der Waals surface area (Å²) in [5, 5.41) is 1.21. The van der Waals surface area contributed by atoms with Crippen LogP contribution in [0.5, 0.6) is 0 Å². The van der Waals surface area contributed by atoms with Gasteiger partial charge in [0.05, 0.1) is 6.54 Å². The van der Waals surface area contributed by atoms with Crippen molar-refractivity contribution in [2.24, 2.45) is 5.73 Å². The van der Waals surface area contributed by atoms with E-state index in [9.17, 15) is 4.79 Å². The number of H-pyrrole nitrogens is 1. The van der Waals surface area contributed by atoms with E-state index in [0.29, 0.717) is 19.6 Å². The molecule has 1 fully saturated rings. The number of benzene rings is 1. The molecule has 0 bridgehead atoms. The Morgan fingerprint density at radius 1 is 1.42 bits per heavy atom. The van der Waals surface area contributed by atoms with Crippen molar-refractivity contribution < 1.29 is 9.53 Å². The quantitative estimate of drug-likeness (QED) is 0.873. The third-order valence-electron chi connectivity index (χ3n) is 3.54. The number of fused-ring (bicyclic) bond motifs is 1. The molecule has 1 atom stereocenters. The molecular weight excluding hydrogens is 242 g/mol. The molecule has 5 heteroatoms. The van der Waals surface area contributed by atoms with Gasteiger partial charge in [0.1, 0.15) is 6.10 Å². The SMILES string of the molecule is NCC1CN(CCc2c[nH]c3ccccc23)C(=O)O1. The number of nitrogens with one attached hydrogen (secondary N) is 1. The van der Waals surface area contributed by atoms with Crippen molar-refractivity contribution in [2.75, 3.05) is 19.6 Å². The summed E-state index contributed by atoms with van der Waals surface area (Å²) in [6.45, 7) is 1.64. The van der Waals surface area contributed by atoms with Gasteiger partial charge in [-0.05, 0) is 18.1 Å². The molecule has 0 aliphatic carbocycles. The Morgan fingerprint density at radius 3 is 3.05 bits per heavy atom. The van der Waals surface area contributed by atoms with E-state index in [4.69, 9.17) is 10.5 Å². The van der Waals surface area contributed by atoms with Gasteiger partial charge in [-0.15, -0.1) is 0 Å². The van der Waals surface area contributed by atoms with Crippen molar-refractivity contribution in [2.45, 2.75) is 12.5 Å².